The lowest BCUT2D eigenvalue weighted by Crippen LogP contribution is -2.39. The van der Waals surface area contributed by atoms with Gasteiger partial charge in [-0.15, -0.1) is 36.6 Å². The Hall–Kier alpha value is -0.920. The first-order valence-electron chi connectivity index (χ1n) is 8.02. The van der Waals surface area contributed by atoms with Gasteiger partial charge >= 0.3 is 0 Å². The molecule has 1 fully saturated rings. The van der Waals surface area contributed by atoms with Gasteiger partial charge in [-0.25, -0.2) is 0 Å². The molecular formula is C18H23Cl2N3OS2. The van der Waals surface area contributed by atoms with E-state index in [-0.39, 0.29) is 36.8 Å². The highest BCUT2D eigenvalue weighted by atomic mass is 35.5. The van der Waals surface area contributed by atoms with Crippen molar-refractivity contribution in [3.05, 3.63) is 54.4 Å². The number of pyridine rings is 1. The number of aromatic nitrogens is 1. The largest absolute Gasteiger partial charge is 0.326 e. The number of amides is 1. The number of carbonyl (C=O) groups excluding carboxylic acids is 1. The minimum absolute atomic E-state index is 0. The number of hydrogen-bond donors (Lipinski definition) is 2. The zero-order valence-electron chi connectivity index (χ0n) is 14.2. The number of halogens is 2. The second-order valence-corrected chi connectivity index (χ2v) is 7.85. The van der Waals surface area contributed by atoms with Gasteiger partial charge in [-0.1, -0.05) is 6.07 Å². The van der Waals surface area contributed by atoms with Crippen LogP contribution in [-0.4, -0.2) is 35.0 Å². The third kappa shape index (κ3) is 7.76. The number of hydrogen-bond acceptors (Lipinski definition) is 5. The zero-order valence-corrected chi connectivity index (χ0v) is 17.5. The SMILES string of the molecule is Cl.Cl.O=C(CC1CSCCN1)Nc1ccc(SCc2cccnc2)cc1. The van der Waals surface area contributed by atoms with E-state index in [0.717, 1.165) is 29.5 Å². The molecule has 2 heterocycles. The molecule has 0 saturated carbocycles. The summed E-state index contributed by atoms with van der Waals surface area (Å²) in [7, 11) is 0. The minimum atomic E-state index is 0. The van der Waals surface area contributed by atoms with E-state index in [1.807, 2.05) is 48.3 Å². The van der Waals surface area contributed by atoms with Crippen LogP contribution in [0.15, 0.2) is 53.7 Å². The second kappa shape index (κ2) is 12.5. The van der Waals surface area contributed by atoms with Gasteiger partial charge in [0.25, 0.3) is 0 Å². The Morgan fingerprint density at radius 2 is 2.08 bits per heavy atom. The van der Waals surface area contributed by atoms with E-state index >= 15 is 0 Å². The number of anilines is 1. The van der Waals surface area contributed by atoms with Crippen molar-refractivity contribution >= 4 is 59.9 Å². The summed E-state index contributed by atoms with van der Waals surface area (Å²) in [6.07, 6.45) is 4.21. The Kier molecular flexibility index (Phi) is 11.1. The maximum atomic E-state index is 12.1. The lowest BCUT2D eigenvalue weighted by molar-refractivity contribution is -0.116. The van der Waals surface area contributed by atoms with Crippen molar-refractivity contribution in [1.29, 1.82) is 0 Å². The molecule has 2 aromatic rings. The van der Waals surface area contributed by atoms with Gasteiger partial charge in [0.1, 0.15) is 0 Å². The van der Waals surface area contributed by atoms with E-state index < -0.39 is 0 Å². The van der Waals surface area contributed by atoms with Crippen LogP contribution in [0.25, 0.3) is 0 Å². The predicted molar refractivity (Wildman–Crippen MR) is 117 cm³/mol. The third-order valence-electron chi connectivity index (χ3n) is 3.70. The Labute approximate surface area is 175 Å². The van der Waals surface area contributed by atoms with Crippen LogP contribution in [0.2, 0.25) is 0 Å². The molecular weight excluding hydrogens is 409 g/mol. The fourth-order valence-corrected chi connectivity index (χ4v) is 4.25. The van der Waals surface area contributed by atoms with Gasteiger partial charge in [0.2, 0.25) is 5.91 Å². The van der Waals surface area contributed by atoms with Crippen molar-refractivity contribution in [2.75, 3.05) is 23.4 Å². The van der Waals surface area contributed by atoms with E-state index in [0.29, 0.717) is 6.42 Å². The fraction of sp³-hybridized carbons (Fsp3) is 0.333. The van der Waals surface area contributed by atoms with Crippen LogP contribution < -0.4 is 10.6 Å². The molecule has 8 heteroatoms. The molecule has 1 amide bonds. The van der Waals surface area contributed by atoms with Crippen LogP contribution in [0.5, 0.6) is 0 Å². The van der Waals surface area contributed by atoms with Gasteiger partial charge in [-0.3, -0.25) is 9.78 Å². The molecule has 0 bridgehead atoms. The van der Waals surface area contributed by atoms with Crippen LogP contribution in [0, 0.1) is 0 Å². The highest BCUT2D eigenvalue weighted by molar-refractivity contribution is 7.99. The first kappa shape index (κ1) is 23.1. The number of carbonyl (C=O) groups is 1. The third-order valence-corrected chi connectivity index (χ3v) is 5.91. The zero-order chi connectivity index (χ0) is 16.6. The number of nitrogens with one attached hydrogen (secondary N) is 2. The van der Waals surface area contributed by atoms with Crippen molar-refractivity contribution in [3.8, 4) is 0 Å². The summed E-state index contributed by atoms with van der Waals surface area (Å²) in [5.41, 5.74) is 2.06. The molecule has 1 atom stereocenters. The highest BCUT2D eigenvalue weighted by Crippen LogP contribution is 2.24. The molecule has 4 nitrogen and oxygen atoms in total. The first-order chi connectivity index (χ1) is 11.8. The molecule has 3 rings (SSSR count). The van der Waals surface area contributed by atoms with E-state index in [1.54, 1.807) is 18.0 Å². The monoisotopic (exact) mass is 431 g/mol. The highest BCUT2D eigenvalue weighted by Gasteiger charge is 2.16. The van der Waals surface area contributed by atoms with Crippen molar-refractivity contribution < 1.29 is 4.79 Å². The minimum Gasteiger partial charge on any atom is -0.326 e. The molecule has 0 spiro atoms. The Morgan fingerprint density at radius 3 is 2.73 bits per heavy atom. The summed E-state index contributed by atoms with van der Waals surface area (Å²) < 4.78 is 0. The standard InChI is InChI=1S/C18H21N3OS2.2ClH/c22-18(10-16-13-23-9-8-20-16)21-15-3-5-17(6-4-15)24-12-14-2-1-7-19-11-14;;/h1-7,11,16,20H,8-10,12-13H2,(H,21,22);2*1H. The number of thioether (sulfide) groups is 2. The molecule has 1 aliphatic rings. The van der Waals surface area contributed by atoms with Gasteiger partial charge in [0.15, 0.2) is 0 Å². The van der Waals surface area contributed by atoms with Crippen LogP contribution in [0.4, 0.5) is 5.69 Å². The van der Waals surface area contributed by atoms with Crippen molar-refractivity contribution in [2.24, 2.45) is 0 Å². The molecule has 1 saturated heterocycles. The predicted octanol–water partition coefficient (Wildman–Crippen LogP) is 4.25. The molecule has 142 valence electrons. The topological polar surface area (TPSA) is 54.0 Å². The Morgan fingerprint density at radius 1 is 1.27 bits per heavy atom. The Balaban J connectivity index is 0.00000169. The summed E-state index contributed by atoms with van der Waals surface area (Å²) in [4.78, 5) is 17.4. The van der Waals surface area contributed by atoms with Gasteiger partial charge in [-0.2, -0.15) is 11.8 Å². The van der Waals surface area contributed by atoms with Crippen LogP contribution in [0.1, 0.15) is 12.0 Å². The number of rotatable bonds is 6. The van der Waals surface area contributed by atoms with E-state index in [1.165, 1.54) is 10.5 Å². The van der Waals surface area contributed by atoms with Gasteiger partial charge in [0, 0.05) is 59.2 Å². The average molecular weight is 432 g/mol. The van der Waals surface area contributed by atoms with Gasteiger partial charge in [0.05, 0.1) is 0 Å². The second-order valence-electron chi connectivity index (χ2n) is 5.65. The number of benzene rings is 1. The van der Waals surface area contributed by atoms with Gasteiger partial charge in [-0.05, 0) is 35.9 Å². The molecule has 1 unspecified atom stereocenters. The van der Waals surface area contributed by atoms with E-state index in [9.17, 15) is 4.79 Å². The van der Waals surface area contributed by atoms with Crippen LogP contribution >= 0.6 is 48.3 Å². The van der Waals surface area contributed by atoms with Gasteiger partial charge < -0.3 is 10.6 Å². The fourth-order valence-electron chi connectivity index (χ4n) is 2.47. The summed E-state index contributed by atoms with van der Waals surface area (Å²) in [6.45, 7) is 0.992. The first-order valence-corrected chi connectivity index (χ1v) is 10.2. The Bertz CT molecular complexity index is 653. The van der Waals surface area contributed by atoms with E-state index in [4.69, 9.17) is 0 Å². The summed E-state index contributed by atoms with van der Waals surface area (Å²) in [5, 5.41) is 6.37. The summed E-state index contributed by atoms with van der Waals surface area (Å²) in [5.74, 6) is 3.11. The van der Waals surface area contributed by atoms with Crippen LogP contribution in [-0.2, 0) is 10.5 Å². The van der Waals surface area contributed by atoms with E-state index in [2.05, 4.69) is 21.7 Å². The molecule has 0 aliphatic carbocycles. The normalized spacial score (nSPS) is 16.1. The molecule has 1 aromatic heterocycles. The van der Waals surface area contributed by atoms with Crippen molar-refractivity contribution in [1.82, 2.24) is 10.3 Å². The molecule has 1 aromatic carbocycles. The van der Waals surface area contributed by atoms with Crippen LogP contribution in [0.3, 0.4) is 0 Å². The maximum Gasteiger partial charge on any atom is 0.225 e. The smallest absolute Gasteiger partial charge is 0.225 e. The maximum absolute atomic E-state index is 12.1. The molecule has 1 aliphatic heterocycles. The molecule has 2 N–H and O–H groups in total. The summed E-state index contributed by atoms with van der Waals surface area (Å²) in [6, 6.07) is 12.3. The lowest BCUT2D eigenvalue weighted by Gasteiger charge is -2.22. The lowest BCUT2D eigenvalue weighted by atomic mass is 10.2. The van der Waals surface area contributed by atoms with Crippen molar-refractivity contribution in [3.63, 3.8) is 0 Å². The molecule has 0 radical (unpaired) electrons. The quantitative estimate of drug-likeness (QED) is 0.669. The number of nitrogens with zero attached hydrogens (tertiary/aromatic N) is 1. The van der Waals surface area contributed by atoms with Crippen molar-refractivity contribution in [2.45, 2.75) is 23.1 Å². The molecule has 26 heavy (non-hydrogen) atoms. The average Bonchev–Trinajstić information content (AvgIpc) is 2.63. The summed E-state index contributed by atoms with van der Waals surface area (Å²) >= 11 is 3.67.